The van der Waals surface area contributed by atoms with E-state index in [0.717, 1.165) is 53.5 Å². The Morgan fingerprint density at radius 3 is 2.16 bits per heavy atom. The van der Waals surface area contributed by atoms with Crippen LogP contribution in [-0.2, 0) is 15.1 Å². The van der Waals surface area contributed by atoms with E-state index in [2.05, 4.69) is 15.6 Å². The van der Waals surface area contributed by atoms with E-state index in [4.69, 9.17) is 0 Å². The van der Waals surface area contributed by atoms with E-state index in [1.165, 1.54) is 0 Å². The highest BCUT2D eigenvalue weighted by atomic mass is 16.4. The van der Waals surface area contributed by atoms with Gasteiger partial charge in [0.1, 0.15) is 5.82 Å². The van der Waals surface area contributed by atoms with Crippen LogP contribution in [0.25, 0.3) is 22.3 Å². The number of hydrogen-bond donors (Lipinski definition) is 4. The minimum absolute atomic E-state index is 0.0169. The summed E-state index contributed by atoms with van der Waals surface area (Å²) in [5, 5.41) is 25.5. The Balaban J connectivity index is 1.30. The highest BCUT2D eigenvalue weighted by Gasteiger charge is 2.53. The predicted molar refractivity (Wildman–Crippen MR) is 174 cm³/mol. The van der Waals surface area contributed by atoms with Crippen LogP contribution in [0.3, 0.4) is 0 Å². The fourth-order valence-electron chi connectivity index (χ4n) is 7.18. The van der Waals surface area contributed by atoms with Gasteiger partial charge < -0.3 is 25.7 Å². The maximum atomic E-state index is 13.1. The van der Waals surface area contributed by atoms with Crippen molar-refractivity contribution in [2.24, 2.45) is 11.8 Å². The summed E-state index contributed by atoms with van der Waals surface area (Å²) < 4.78 is 0. The molecule has 9 nitrogen and oxygen atoms in total. The van der Waals surface area contributed by atoms with Gasteiger partial charge in [0.25, 0.3) is 0 Å². The molecule has 1 heterocycles. The van der Waals surface area contributed by atoms with Gasteiger partial charge in [-0.3, -0.25) is 9.59 Å². The summed E-state index contributed by atoms with van der Waals surface area (Å²) >= 11 is 0. The highest BCUT2D eigenvalue weighted by Crippen LogP contribution is 2.48. The van der Waals surface area contributed by atoms with Gasteiger partial charge in [-0.2, -0.15) is 0 Å². The van der Waals surface area contributed by atoms with Crippen LogP contribution in [0.15, 0.2) is 66.9 Å². The molecule has 0 radical (unpaired) electrons. The maximum absolute atomic E-state index is 13.1. The zero-order valence-electron chi connectivity index (χ0n) is 26.5. The Morgan fingerprint density at radius 1 is 0.956 bits per heavy atom. The van der Waals surface area contributed by atoms with Gasteiger partial charge in [0.15, 0.2) is 0 Å². The number of amides is 3. The molecule has 5 rings (SSSR count). The van der Waals surface area contributed by atoms with E-state index >= 15 is 0 Å². The van der Waals surface area contributed by atoms with Crippen LogP contribution in [0.5, 0.6) is 0 Å². The fourth-order valence-corrected chi connectivity index (χ4v) is 7.18. The highest BCUT2D eigenvalue weighted by molar-refractivity contribution is 5.92. The third kappa shape index (κ3) is 7.36. The molecule has 2 aliphatic carbocycles. The minimum Gasteiger partial charge on any atom is -0.465 e. The van der Waals surface area contributed by atoms with E-state index < -0.39 is 17.2 Å². The summed E-state index contributed by atoms with van der Waals surface area (Å²) in [6, 6.07) is 19.7. The Kier molecular flexibility index (Phi) is 9.30. The van der Waals surface area contributed by atoms with E-state index in [-0.39, 0.29) is 29.7 Å². The molecule has 1 aromatic heterocycles. The molecule has 2 aliphatic rings. The molecular formula is C36H44N4O5. The van der Waals surface area contributed by atoms with Crippen molar-refractivity contribution in [2.75, 3.05) is 12.4 Å². The first kappa shape index (κ1) is 32.2. The molecule has 0 atom stereocenters. The zero-order chi connectivity index (χ0) is 32.4. The number of aromatic nitrogens is 1. The summed E-state index contributed by atoms with van der Waals surface area (Å²) in [5.74, 6) is 0.839. The first-order chi connectivity index (χ1) is 21.4. The SMILES string of the molecule is CC(C)C(=O)N(C)[C@H]1CC[C@H](CC(=O)Nc2cc(-c3ccccc3)c(-c3ccc([C@]4(NC(=O)O)C[C@@](C)(O)C4)cc3)cn2)CC1. The van der Waals surface area contributed by atoms with Crippen molar-refractivity contribution in [1.82, 2.24) is 15.2 Å². The minimum atomic E-state index is -1.12. The standard InChI is InChI=1S/C36H44N4O5/c1-23(2)33(42)40(4)28-16-10-24(11-17-28)18-32(41)38-31-19-29(25-8-6-5-7-9-25)30(20-37-31)26-12-14-27(15-13-26)36(39-34(43)44)21-35(3,45)22-36/h5-9,12-15,19-20,23-24,28,39,45H,10-11,16-18,21-22H2,1-4H3,(H,43,44)(H,37,38,41)/t24-,28-,35-,36+. The summed E-state index contributed by atoms with van der Waals surface area (Å²) in [6.45, 7) is 5.56. The van der Waals surface area contributed by atoms with Crippen molar-refractivity contribution >= 4 is 23.7 Å². The molecule has 0 bridgehead atoms. The second-order valence-electron chi connectivity index (χ2n) is 13.5. The van der Waals surface area contributed by atoms with Crippen LogP contribution in [0, 0.1) is 11.8 Å². The van der Waals surface area contributed by atoms with Crippen LogP contribution in [0.2, 0.25) is 0 Å². The molecule has 3 amide bonds. The van der Waals surface area contributed by atoms with Crippen LogP contribution < -0.4 is 10.6 Å². The summed E-state index contributed by atoms with van der Waals surface area (Å²) in [6.07, 6.45) is 5.28. The summed E-state index contributed by atoms with van der Waals surface area (Å²) in [7, 11) is 1.89. The van der Waals surface area contributed by atoms with E-state index in [9.17, 15) is 24.6 Å². The lowest BCUT2D eigenvalue weighted by atomic mass is 9.62. The number of nitrogens with zero attached hydrogens (tertiary/aromatic N) is 2. The smallest absolute Gasteiger partial charge is 0.405 e. The van der Waals surface area contributed by atoms with Gasteiger partial charge in [-0.25, -0.2) is 9.78 Å². The average Bonchev–Trinajstić information content (AvgIpc) is 3.00. The number of hydrogen-bond acceptors (Lipinski definition) is 5. The average molecular weight is 613 g/mol. The molecule has 4 N–H and O–H groups in total. The van der Waals surface area contributed by atoms with Gasteiger partial charge in [0.2, 0.25) is 11.8 Å². The number of aliphatic hydroxyl groups is 1. The van der Waals surface area contributed by atoms with Gasteiger partial charge in [-0.15, -0.1) is 0 Å². The third-order valence-electron chi connectivity index (χ3n) is 9.40. The molecule has 9 heteroatoms. The molecule has 0 saturated heterocycles. The topological polar surface area (TPSA) is 132 Å². The van der Waals surface area contributed by atoms with Crippen molar-refractivity contribution in [2.45, 2.75) is 82.9 Å². The number of carbonyl (C=O) groups is 3. The lowest BCUT2D eigenvalue weighted by Gasteiger charge is -2.51. The molecular weight excluding hydrogens is 568 g/mol. The zero-order valence-corrected chi connectivity index (χ0v) is 26.5. The van der Waals surface area contributed by atoms with Crippen LogP contribution in [0.1, 0.15) is 71.3 Å². The van der Waals surface area contributed by atoms with Crippen molar-refractivity contribution in [3.8, 4) is 22.3 Å². The van der Waals surface area contributed by atoms with Crippen molar-refractivity contribution < 1.29 is 24.6 Å². The summed E-state index contributed by atoms with van der Waals surface area (Å²) in [5.41, 5.74) is 2.72. The number of rotatable bonds is 9. The number of carboxylic acid groups (broad SMARTS) is 1. The lowest BCUT2D eigenvalue weighted by Crippen LogP contribution is -2.61. The molecule has 0 spiro atoms. The van der Waals surface area contributed by atoms with Crippen molar-refractivity contribution in [3.63, 3.8) is 0 Å². The third-order valence-corrected chi connectivity index (χ3v) is 9.40. The number of benzene rings is 2. The summed E-state index contributed by atoms with van der Waals surface area (Å²) in [4.78, 5) is 43.5. The molecule has 2 saturated carbocycles. The van der Waals surface area contributed by atoms with Crippen LogP contribution in [-0.4, -0.2) is 56.7 Å². The first-order valence-corrected chi connectivity index (χ1v) is 15.8. The molecule has 0 aliphatic heterocycles. The molecule has 238 valence electrons. The maximum Gasteiger partial charge on any atom is 0.405 e. The lowest BCUT2D eigenvalue weighted by molar-refractivity contribution is -0.136. The first-order valence-electron chi connectivity index (χ1n) is 15.8. The van der Waals surface area contributed by atoms with Gasteiger partial charge in [0, 0.05) is 50.0 Å². The second-order valence-corrected chi connectivity index (χ2v) is 13.5. The van der Waals surface area contributed by atoms with Crippen LogP contribution >= 0.6 is 0 Å². The van der Waals surface area contributed by atoms with Crippen molar-refractivity contribution in [1.29, 1.82) is 0 Å². The van der Waals surface area contributed by atoms with E-state index in [1.54, 1.807) is 13.1 Å². The van der Waals surface area contributed by atoms with Gasteiger partial charge in [-0.1, -0.05) is 68.4 Å². The molecule has 3 aromatic rings. The Morgan fingerprint density at radius 2 is 1.58 bits per heavy atom. The molecule has 2 aromatic carbocycles. The Labute approximate surface area is 265 Å². The largest absolute Gasteiger partial charge is 0.465 e. The van der Waals surface area contributed by atoms with Crippen LogP contribution in [0.4, 0.5) is 10.6 Å². The molecule has 2 fully saturated rings. The Hall–Kier alpha value is -4.24. The van der Waals surface area contributed by atoms with Gasteiger partial charge >= 0.3 is 6.09 Å². The fraction of sp³-hybridized carbons (Fsp3) is 0.444. The Bertz CT molecular complexity index is 1520. The normalized spacial score (nSPS) is 24.4. The predicted octanol–water partition coefficient (Wildman–Crippen LogP) is 6.43. The van der Waals surface area contributed by atoms with Gasteiger partial charge in [-0.05, 0) is 66.8 Å². The second kappa shape index (κ2) is 13.0. The molecule has 45 heavy (non-hydrogen) atoms. The number of pyridine rings is 1. The van der Waals surface area contributed by atoms with E-state index in [0.29, 0.717) is 25.1 Å². The van der Waals surface area contributed by atoms with Gasteiger partial charge in [0.05, 0.1) is 11.1 Å². The quantitative estimate of drug-likeness (QED) is 0.220. The van der Waals surface area contributed by atoms with Crippen molar-refractivity contribution in [3.05, 3.63) is 72.4 Å². The number of anilines is 1. The van der Waals surface area contributed by atoms with E-state index in [1.807, 2.05) is 86.5 Å². The number of carbonyl (C=O) groups excluding carboxylic acids is 2. The monoisotopic (exact) mass is 612 g/mol. The number of nitrogens with one attached hydrogen (secondary N) is 2. The molecule has 0 unspecified atom stereocenters.